The molecule has 3 aromatic carbocycles. The van der Waals surface area contributed by atoms with Crippen molar-refractivity contribution in [3.63, 3.8) is 0 Å². The van der Waals surface area contributed by atoms with Gasteiger partial charge in [0.25, 0.3) is 5.56 Å². The number of benzene rings is 3. The molecule has 0 radical (unpaired) electrons. The van der Waals surface area contributed by atoms with Crippen LogP contribution in [-0.2, 0) is 0 Å². The van der Waals surface area contributed by atoms with Gasteiger partial charge in [0.2, 0.25) is 0 Å². The number of ketones is 1. The van der Waals surface area contributed by atoms with E-state index in [0.29, 0.717) is 27.4 Å². The number of fused-ring (bicyclic) bond motifs is 1. The fourth-order valence-electron chi connectivity index (χ4n) is 3.23. The lowest BCUT2D eigenvalue weighted by Crippen LogP contribution is -2.23. The molecule has 30 heavy (non-hydrogen) atoms. The van der Waals surface area contributed by atoms with Crippen LogP contribution in [0.1, 0.15) is 15.9 Å². The average Bonchev–Trinajstić information content (AvgIpc) is 2.78. The van der Waals surface area contributed by atoms with Crippen LogP contribution >= 0.6 is 11.8 Å². The van der Waals surface area contributed by atoms with Gasteiger partial charge in [0.1, 0.15) is 5.75 Å². The number of carbonyl (C=O) groups is 1. The topological polar surface area (TPSA) is 61.2 Å². The number of aromatic nitrogens is 2. The number of carbonyl (C=O) groups excluding carboxylic acids is 1. The molecule has 0 unspecified atom stereocenters. The van der Waals surface area contributed by atoms with Crippen molar-refractivity contribution in [2.45, 2.75) is 12.1 Å². The number of thioether (sulfide) groups is 1. The Morgan fingerprint density at radius 2 is 1.70 bits per heavy atom. The number of nitrogens with zero attached hydrogens (tertiary/aromatic N) is 2. The number of hydrogen-bond donors (Lipinski definition) is 0. The van der Waals surface area contributed by atoms with Gasteiger partial charge in [-0.3, -0.25) is 14.2 Å². The Morgan fingerprint density at radius 1 is 1.00 bits per heavy atom. The fraction of sp³-hybridized carbons (Fsp3) is 0.125. The Morgan fingerprint density at radius 3 is 2.43 bits per heavy atom. The highest BCUT2D eigenvalue weighted by Crippen LogP contribution is 2.24. The predicted octanol–water partition coefficient (Wildman–Crippen LogP) is 4.68. The summed E-state index contributed by atoms with van der Waals surface area (Å²) < 4.78 is 6.74. The molecule has 4 aromatic rings. The van der Waals surface area contributed by atoms with Crippen LogP contribution in [-0.4, -0.2) is 28.2 Å². The van der Waals surface area contributed by atoms with Crippen LogP contribution in [0.25, 0.3) is 16.6 Å². The SMILES string of the molecule is COc1ccc(C(=O)CSc2nc3ccccc3c(=O)n2-c2ccccc2C)cc1. The summed E-state index contributed by atoms with van der Waals surface area (Å²) in [6.45, 7) is 1.95. The van der Waals surface area contributed by atoms with Gasteiger partial charge in [0.15, 0.2) is 10.9 Å². The third kappa shape index (κ3) is 3.86. The molecule has 0 spiro atoms. The zero-order valence-corrected chi connectivity index (χ0v) is 17.5. The molecule has 0 aliphatic carbocycles. The second-order valence-electron chi connectivity index (χ2n) is 6.78. The molecule has 1 heterocycles. The van der Waals surface area contributed by atoms with Gasteiger partial charge < -0.3 is 4.74 Å². The number of ether oxygens (including phenoxy) is 1. The van der Waals surface area contributed by atoms with E-state index in [1.807, 2.05) is 49.4 Å². The second kappa shape index (κ2) is 8.55. The highest BCUT2D eigenvalue weighted by Gasteiger charge is 2.16. The van der Waals surface area contributed by atoms with Gasteiger partial charge in [-0.1, -0.05) is 42.1 Å². The molecular weight excluding hydrogens is 396 g/mol. The Bertz CT molecular complexity index is 1280. The predicted molar refractivity (Wildman–Crippen MR) is 120 cm³/mol. The van der Waals surface area contributed by atoms with E-state index >= 15 is 0 Å². The number of hydrogen-bond acceptors (Lipinski definition) is 5. The molecule has 0 bridgehead atoms. The van der Waals surface area contributed by atoms with Crippen LogP contribution in [0.5, 0.6) is 5.75 Å². The van der Waals surface area contributed by atoms with Crippen LogP contribution < -0.4 is 10.3 Å². The third-order valence-corrected chi connectivity index (χ3v) is 5.78. The highest BCUT2D eigenvalue weighted by atomic mass is 32.2. The van der Waals surface area contributed by atoms with Crippen molar-refractivity contribution in [2.75, 3.05) is 12.9 Å². The van der Waals surface area contributed by atoms with Crippen LogP contribution in [0, 0.1) is 6.92 Å². The van der Waals surface area contributed by atoms with Crippen LogP contribution in [0.2, 0.25) is 0 Å². The molecule has 0 atom stereocenters. The molecule has 150 valence electrons. The Hall–Kier alpha value is -3.38. The average molecular weight is 417 g/mol. The van der Waals surface area contributed by atoms with Crippen LogP contribution in [0.15, 0.2) is 82.7 Å². The van der Waals surface area contributed by atoms with Crippen LogP contribution in [0.4, 0.5) is 0 Å². The van der Waals surface area contributed by atoms with E-state index in [9.17, 15) is 9.59 Å². The molecule has 1 aromatic heterocycles. The van der Waals surface area contributed by atoms with E-state index in [2.05, 4.69) is 0 Å². The second-order valence-corrected chi connectivity index (χ2v) is 7.72. The summed E-state index contributed by atoms with van der Waals surface area (Å²) >= 11 is 1.26. The summed E-state index contributed by atoms with van der Waals surface area (Å²) in [7, 11) is 1.59. The van der Waals surface area contributed by atoms with E-state index in [-0.39, 0.29) is 17.1 Å². The van der Waals surface area contributed by atoms with Crippen LogP contribution in [0.3, 0.4) is 0 Å². The Kier molecular flexibility index (Phi) is 5.68. The van der Waals surface area contributed by atoms with E-state index < -0.39 is 0 Å². The number of aryl methyl sites for hydroxylation is 1. The molecule has 0 aliphatic heterocycles. The van der Waals surface area contributed by atoms with Crippen molar-refractivity contribution >= 4 is 28.4 Å². The Labute approximate surface area is 178 Å². The van der Waals surface area contributed by atoms with Gasteiger partial charge >= 0.3 is 0 Å². The molecular formula is C24H20N2O3S. The summed E-state index contributed by atoms with van der Waals surface area (Å²) in [5.74, 6) is 0.827. The molecule has 0 saturated heterocycles. The molecule has 0 fully saturated rings. The summed E-state index contributed by atoms with van der Waals surface area (Å²) in [5.41, 5.74) is 2.79. The van der Waals surface area contributed by atoms with Crippen molar-refractivity contribution in [3.8, 4) is 11.4 Å². The largest absolute Gasteiger partial charge is 0.497 e. The first-order valence-corrected chi connectivity index (χ1v) is 10.4. The molecule has 0 N–H and O–H groups in total. The first kappa shape index (κ1) is 19.9. The molecule has 0 amide bonds. The van der Waals surface area contributed by atoms with Crippen molar-refractivity contribution < 1.29 is 9.53 Å². The number of methoxy groups -OCH3 is 1. The van der Waals surface area contributed by atoms with E-state index in [1.165, 1.54) is 11.8 Å². The lowest BCUT2D eigenvalue weighted by molar-refractivity contribution is 0.102. The van der Waals surface area contributed by atoms with Gasteiger partial charge in [-0.2, -0.15) is 0 Å². The molecule has 6 heteroatoms. The standard InChI is InChI=1S/C24H20N2O3S/c1-16-7-3-6-10-21(16)26-23(28)19-8-4-5-9-20(19)25-24(26)30-15-22(27)17-11-13-18(29-2)14-12-17/h3-14H,15H2,1-2H3. The fourth-order valence-corrected chi connectivity index (χ4v) is 4.13. The highest BCUT2D eigenvalue weighted by molar-refractivity contribution is 7.99. The number of Topliss-reactive ketones (excluding diaryl/α,β-unsaturated/α-hetero) is 1. The van der Waals surface area contributed by atoms with Crippen molar-refractivity contribution in [2.24, 2.45) is 0 Å². The van der Waals surface area contributed by atoms with Gasteiger partial charge in [0.05, 0.1) is 29.5 Å². The van der Waals surface area contributed by atoms with Crippen molar-refractivity contribution in [3.05, 3.63) is 94.3 Å². The smallest absolute Gasteiger partial charge is 0.266 e. The molecule has 0 saturated carbocycles. The van der Waals surface area contributed by atoms with E-state index in [4.69, 9.17) is 9.72 Å². The lowest BCUT2D eigenvalue weighted by Gasteiger charge is -2.15. The minimum Gasteiger partial charge on any atom is -0.497 e. The number of para-hydroxylation sites is 2. The first-order chi connectivity index (χ1) is 14.6. The minimum absolute atomic E-state index is 0.0404. The summed E-state index contributed by atoms with van der Waals surface area (Å²) in [5, 5.41) is 1.04. The monoisotopic (exact) mass is 416 g/mol. The quantitative estimate of drug-likeness (QED) is 0.260. The van der Waals surface area contributed by atoms with Gasteiger partial charge in [-0.05, 0) is 55.0 Å². The minimum atomic E-state index is -0.144. The van der Waals surface area contributed by atoms with E-state index in [0.717, 1.165) is 11.3 Å². The van der Waals surface area contributed by atoms with Gasteiger partial charge in [-0.15, -0.1) is 0 Å². The maximum absolute atomic E-state index is 13.3. The molecule has 5 nitrogen and oxygen atoms in total. The summed E-state index contributed by atoms with van der Waals surface area (Å²) in [6, 6.07) is 21.9. The maximum Gasteiger partial charge on any atom is 0.266 e. The van der Waals surface area contributed by atoms with Gasteiger partial charge in [0, 0.05) is 5.56 Å². The summed E-state index contributed by atoms with van der Waals surface area (Å²) in [6.07, 6.45) is 0. The Balaban J connectivity index is 1.74. The normalized spacial score (nSPS) is 10.9. The zero-order chi connectivity index (χ0) is 21.1. The number of rotatable bonds is 6. The van der Waals surface area contributed by atoms with E-state index in [1.54, 1.807) is 42.0 Å². The maximum atomic E-state index is 13.3. The first-order valence-electron chi connectivity index (χ1n) is 9.46. The van der Waals surface area contributed by atoms with Crippen molar-refractivity contribution in [1.82, 2.24) is 9.55 Å². The van der Waals surface area contributed by atoms with Crippen molar-refractivity contribution in [1.29, 1.82) is 0 Å². The zero-order valence-electron chi connectivity index (χ0n) is 16.7. The lowest BCUT2D eigenvalue weighted by atomic mass is 10.1. The summed E-state index contributed by atoms with van der Waals surface area (Å²) in [4.78, 5) is 30.7. The van der Waals surface area contributed by atoms with Gasteiger partial charge in [-0.25, -0.2) is 4.98 Å². The molecule has 0 aliphatic rings. The third-order valence-electron chi connectivity index (χ3n) is 4.85. The molecule has 4 rings (SSSR count).